The van der Waals surface area contributed by atoms with E-state index in [0.29, 0.717) is 5.57 Å². The summed E-state index contributed by atoms with van der Waals surface area (Å²) in [4.78, 5) is 1.10. The van der Waals surface area contributed by atoms with Crippen molar-refractivity contribution in [3.05, 3.63) is 75.8 Å². The van der Waals surface area contributed by atoms with Crippen molar-refractivity contribution >= 4 is 22.1 Å². The van der Waals surface area contributed by atoms with Crippen LogP contribution in [0.1, 0.15) is 16.4 Å². The van der Waals surface area contributed by atoms with E-state index in [4.69, 9.17) is 10.5 Å². The van der Waals surface area contributed by atoms with E-state index >= 15 is 0 Å². The lowest BCUT2D eigenvalue weighted by molar-refractivity contribution is 0.395. The molecule has 2 N–H and O–H groups in total. The Morgan fingerprint density at radius 1 is 1.09 bits per heavy atom. The molecule has 1 aliphatic heterocycles. The van der Waals surface area contributed by atoms with Crippen LogP contribution in [-0.2, 0) is 0 Å². The van der Waals surface area contributed by atoms with Crippen molar-refractivity contribution in [1.29, 1.82) is 5.26 Å². The molecule has 1 atom stereocenters. The van der Waals surface area contributed by atoms with Gasteiger partial charge >= 0.3 is 0 Å². The minimum Gasteiger partial charge on any atom is -0.440 e. The number of ether oxygens (including phenoxy) is 1. The lowest BCUT2D eigenvalue weighted by Gasteiger charge is -2.26. The molecule has 0 saturated carbocycles. The molecule has 0 saturated heterocycles. The summed E-state index contributed by atoms with van der Waals surface area (Å²) in [5, 5.41) is 13.7. The van der Waals surface area contributed by atoms with Crippen molar-refractivity contribution in [2.45, 2.75) is 5.92 Å². The molecular formula is C18H12N2OS. The molecule has 106 valence electrons. The van der Waals surface area contributed by atoms with E-state index in [1.54, 1.807) is 11.3 Å². The quantitative estimate of drug-likeness (QED) is 0.735. The van der Waals surface area contributed by atoms with Crippen LogP contribution in [-0.4, -0.2) is 0 Å². The fourth-order valence-corrected chi connectivity index (χ4v) is 3.75. The molecule has 2 aromatic carbocycles. The maximum absolute atomic E-state index is 9.51. The molecule has 0 spiro atoms. The smallest absolute Gasteiger partial charge is 0.205 e. The molecule has 2 heterocycles. The van der Waals surface area contributed by atoms with E-state index in [-0.39, 0.29) is 11.8 Å². The lowest BCUT2D eigenvalue weighted by atomic mass is 9.87. The van der Waals surface area contributed by atoms with Gasteiger partial charge in [0.05, 0.1) is 5.92 Å². The largest absolute Gasteiger partial charge is 0.440 e. The zero-order valence-electron chi connectivity index (χ0n) is 11.6. The molecule has 3 nitrogen and oxygen atoms in total. The molecule has 4 rings (SSSR count). The molecule has 0 amide bonds. The minimum atomic E-state index is -0.154. The first-order valence-electron chi connectivity index (χ1n) is 6.91. The van der Waals surface area contributed by atoms with Crippen molar-refractivity contribution in [3.63, 3.8) is 0 Å². The van der Waals surface area contributed by atoms with Crippen molar-refractivity contribution in [2.75, 3.05) is 0 Å². The van der Waals surface area contributed by atoms with Crippen LogP contribution in [0.2, 0.25) is 0 Å². The monoisotopic (exact) mass is 304 g/mol. The SMILES string of the molecule is N#CC1=C(N)Oc2cc3ccccc3cc2[C@@H]1c1cccs1. The molecule has 0 bridgehead atoms. The van der Waals surface area contributed by atoms with Gasteiger partial charge in [0.1, 0.15) is 17.4 Å². The van der Waals surface area contributed by atoms with Gasteiger partial charge in [0.25, 0.3) is 0 Å². The fraction of sp³-hybridized carbons (Fsp3) is 0.0556. The molecule has 0 unspecified atom stereocenters. The summed E-state index contributed by atoms with van der Waals surface area (Å²) < 4.78 is 5.71. The third kappa shape index (κ3) is 1.87. The van der Waals surface area contributed by atoms with Crippen molar-refractivity contribution in [1.82, 2.24) is 0 Å². The summed E-state index contributed by atoms with van der Waals surface area (Å²) in [6.45, 7) is 0. The minimum absolute atomic E-state index is 0.154. The first-order chi connectivity index (χ1) is 10.8. The van der Waals surface area contributed by atoms with E-state index in [2.05, 4.69) is 18.2 Å². The highest BCUT2D eigenvalue weighted by atomic mass is 32.1. The van der Waals surface area contributed by atoms with Gasteiger partial charge in [0, 0.05) is 10.4 Å². The number of nitrogens with two attached hydrogens (primary N) is 1. The molecular weight excluding hydrogens is 292 g/mol. The second kappa shape index (κ2) is 4.90. The first-order valence-corrected chi connectivity index (χ1v) is 7.79. The number of nitriles is 1. The molecule has 1 aromatic heterocycles. The number of nitrogens with zero attached hydrogens (tertiary/aromatic N) is 1. The van der Waals surface area contributed by atoms with Crippen LogP contribution in [0.4, 0.5) is 0 Å². The Morgan fingerprint density at radius 3 is 2.55 bits per heavy atom. The lowest BCUT2D eigenvalue weighted by Crippen LogP contribution is -2.20. The number of thiophene rings is 1. The van der Waals surface area contributed by atoms with Gasteiger partial charge in [0.15, 0.2) is 0 Å². The Bertz CT molecular complexity index is 935. The summed E-state index contributed by atoms with van der Waals surface area (Å²) in [6, 6.07) is 18.4. The van der Waals surface area contributed by atoms with Crippen molar-refractivity contribution in [2.24, 2.45) is 5.73 Å². The number of rotatable bonds is 1. The van der Waals surface area contributed by atoms with Crippen LogP contribution < -0.4 is 10.5 Å². The zero-order chi connectivity index (χ0) is 15.1. The third-order valence-electron chi connectivity index (χ3n) is 3.91. The predicted molar refractivity (Wildman–Crippen MR) is 87.6 cm³/mol. The highest BCUT2D eigenvalue weighted by Crippen LogP contribution is 2.44. The summed E-state index contributed by atoms with van der Waals surface area (Å²) in [6.07, 6.45) is 0. The average molecular weight is 304 g/mol. The highest BCUT2D eigenvalue weighted by molar-refractivity contribution is 7.10. The van der Waals surface area contributed by atoms with Crippen molar-refractivity contribution < 1.29 is 4.74 Å². The summed E-state index contributed by atoms with van der Waals surface area (Å²) in [7, 11) is 0. The molecule has 22 heavy (non-hydrogen) atoms. The fourth-order valence-electron chi connectivity index (χ4n) is 2.89. The van der Waals surface area contributed by atoms with Crippen LogP contribution in [0.15, 0.2) is 65.4 Å². The number of hydrogen-bond donors (Lipinski definition) is 1. The Labute approximate surface area is 131 Å². The first kappa shape index (κ1) is 12.9. The van der Waals surface area contributed by atoms with Gasteiger partial charge in [-0.3, -0.25) is 0 Å². The number of benzene rings is 2. The van der Waals surface area contributed by atoms with Gasteiger partial charge in [-0.05, 0) is 34.4 Å². The molecule has 0 radical (unpaired) electrons. The highest BCUT2D eigenvalue weighted by Gasteiger charge is 2.31. The van der Waals surface area contributed by atoms with E-state index in [9.17, 15) is 5.26 Å². The maximum atomic E-state index is 9.51. The van der Waals surface area contributed by atoms with E-state index in [1.807, 2.05) is 41.8 Å². The topological polar surface area (TPSA) is 59.0 Å². The Kier molecular flexibility index (Phi) is 2.88. The van der Waals surface area contributed by atoms with Gasteiger partial charge in [-0.2, -0.15) is 5.26 Å². The predicted octanol–water partition coefficient (Wildman–Crippen LogP) is 4.12. The molecule has 0 fully saturated rings. The standard InChI is InChI=1S/C18H12N2OS/c19-10-14-17(16-6-3-7-22-16)13-8-11-4-1-2-5-12(11)9-15(13)21-18(14)20/h1-9,17H,20H2/t17-/m0/s1. The number of fused-ring (bicyclic) bond motifs is 2. The van der Waals surface area contributed by atoms with Crippen LogP contribution in [0.5, 0.6) is 5.75 Å². The summed E-state index contributed by atoms with van der Waals surface area (Å²) in [5.74, 6) is 0.774. The maximum Gasteiger partial charge on any atom is 0.205 e. The Morgan fingerprint density at radius 2 is 1.86 bits per heavy atom. The Balaban J connectivity index is 2.01. The van der Waals surface area contributed by atoms with E-state index in [0.717, 1.165) is 27.0 Å². The molecule has 3 aromatic rings. The van der Waals surface area contributed by atoms with Crippen LogP contribution in [0, 0.1) is 11.3 Å². The number of allylic oxidation sites excluding steroid dienone is 1. The average Bonchev–Trinajstić information content (AvgIpc) is 3.05. The molecule has 1 aliphatic rings. The van der Waals surface area contributed by atoms with Crippen LogP contribution >= 0.6 is 11.3 Å². The van der Waals surface area contributed by atoms with E-state index in [1.165, 1.54) is 0 Å². The second-order valence-corrected chi connectivity index (χ2v) is 6.16. The number of hydrogen-bond acceptors (Lipinski definition) is 4. The molecule has 4 heteroatoms. The Hall–Kier alpha value is -2.77. The second-order valence-electron chi connectivity index (χ2n) is 5.18. The van der Waals surface area contributed by atoms with Crippen LogP contribution in [0.25, 0.3) is 10.8 Å². The van der Waals surface area contributed by atoms with Gasteiger partial charge in [0.2, 0.25) is 5.88 Å². The normalized spacial score (nSPS) is 17.0. The van der Waals surface area contributed by atoms with Gasteiger partial charge in [-0.1, -0.05) is 30.3 Å². The zero-order valence-corrected chi connectivity index (χ0v) is 12.4. The van der Waals surface area contributed by atoms with Crippen molar-refractivity contribution in [3.8, 4) is 11.8 Å². The molecule has 0 aliphatic carbocycles. The summed E-state index contributed by atoms with van der Waals surface area (Å²) in [5.41, 5.74) is 7.45. The van der Waals surface area contributed by atoms with E-state index < -0.39 is 0 Å². The summed E-state index contributed by atoms with van der Waals surface area (Å²) >= 11 is 1.62. The van der Waals surface area contributed by atoms with Gasteiger partial charge in [-0.15, -0.1) is 11.3 Å². The van der Waals surface area contributed by atoms with Crippen LogP contribution in [0.3, 0.4) is 0 Å². The van der Waals surface area contributed by atoms with Gasteiger partial charge in [-0.25, -0.2) is 0 Å². The van der Waals surface area contributed by atoms with Gasteiger partial charge < -0.3 is 10.5 Å². The third-order valence-corrected chi connectivity index (χ3v) is 4.85.